The highest BCUT2D eigenvalue weighted by Gasteiger charge is 2.45. The predicted molar refractivity (Wildman–Crippen MR) is 198 cm³/mol. The summed E-state index contributed by atoms with van der Waals surface area (Å²) in [5.41, 5.74) is 2.46. The number of nitrogens with one attached hydrogen (secondary N) is 3. The van der Waals surface area contributed by atoms with Crippen molar-refractivity contribution in [1.82, 2.24) is 24.6 Å². The van der Waals surface area contributed by atoms with Crippen LogP contribution < -0.4 is 20.7 Å². The number of carbonyl (C=O) groups is 3. The first-order chi connectivity index (χ1) is 26.3. The summed E-state index contributed by atoms with van der Waals surface area (Å²) in [5.74, 6) is -4.26. The summed E-state index contributed by atoms with van der Waals surface area (Å²) in [6, 6.07) is 12.0. The number of aromatic nitrogens is 3. The van der Waals surface area contributed by atoms with Gasteiger partial charge >= 0.3 is 0 Å². The van der Waals surface area contributed by atoms with Crippen molar-refractivity contribution in [2.45, 2.75) is 95.1 Å². The van der Waals surface area contributed by atoms with Gasteiger partial charge < -0.3 is 19.8 Å². The van der Waals surface area contributed by atoms with Crippen LogP contribution in [0.4, 0.5) is 29.1 Å². The third-order valence-corrected chi connectivity index (χ3v) is 10.8. The van der Waals surface area contributed by atoms with Gasteiger partial charge in [0.1, 0.15) is 29.0 Å². The van der Waals surface area contributed by atoms with Crippen LogP contribution in [0.3, 0.4) is 0 Å². The summed E-state index contributed by atoms with van der Waals surface area (Å²) in [7, 11) is 0. The molecular formula is C40H45F4N7O4. The van der Waals surface area contributed by atoms with Crippen LogP contribution in [0, 0.1) is 5.92 Å². The largest absolute Gasteiger partial charge is 0.490 e. The molecule has 2 saturated heterocycles. The first-order valence-electron chi connectivity index (χ1n) is 18.9. The monoisotopic (exact) mass is 763 g/mol. The lowest BCUT2D eigenvalue weighted by atomic mass is 9.79. The molecule has 2 aliphatic heterocycles. The highest BCUT2D eigenvalue weighted by molar-refractivity contribution is 6.06. The van der Waals surface area contributed by atoms with Gasteiger partial charge in [-0.3, -0.25) is 24.6 Å². The topological polar surface area (TPSA) is 130 Å². The molecule has 0 spiro atoms. The number of nitrogens with zero attached hydrogens (tertiary/aromatic N) is 4. The van der Waals surface area contributed by atoms with Crippen LogP contribution >= 0.6 is 0 Å². The summed E-state index contributed by atoms with van der Waals surface area (Å²) in [4.78, 5) is 47.5. The average Bonchev–Trinajstić information content (AvgIpc) is 3.56. The number of fused-ring (bicyclic) bond motifs is 1. The molecule has 3 aliphatic rings. The highest BCUT2D eigenvalue weighted by Crippen LogP contribution is 2.42. The van der Waals surface area contributed by atoms with Gasteiger partial charge in [-0.25, -0.2) is 27.5 Å². The van der Waals surface area contributed by atoms with Gasteiger partial charge in [0.25, 0.3) is 18.3 Å². The average molecular weight is 764 g/mol. The zero-order valence-electron chi connectivity index (χ0n) is 30.7. The number of hydrogen-bond donors (Lipinski definition) is 3. The van der Waals surface area contributed by atoms with Gasteiger partial charge in [-0.15, -0.1) is 0 Å². The van der Waals surface area contributed by atoms with E-state index >= 15 is 8.78 Å². The number of likely N-dealkylation sites (tertiary alicyclic amines) is 1. The Labute approximate surface area is 316 Å². The normalized spacial score (nSPS) is 23.2. The molecule has 55 heavy (non-hydrogen) atoms. The summed E-state index contributed by atoms with van der Waals surface area (Å²) in [6.45, 7) is 4.56. The van der Waals surface area contributed by atoms with Crippen molar-refractivity contribution in [2.75, 3.05) is 30.3 Å². The molecule has 5 heterocycles. The molecule has 7 rings (SSSR count). The Morgan fingerprint density at radius 3 is 2.45 bits per heavy atom. The number of rotatable bonds is 11. The molecule has 11 nitrogen and oxygen atoms in total. The lowest BCUT2D eigenvalue weighted by molar-refractivity contribution is -0.133. The Kier molecular flexibility index (Phi) is 11.1. The van der Waals surface area contributed by atoms with E-state index in [1.54, 1.807) is 40.9 Å². The molecule has 3 amide bonds. The minimum absolute atomic E-state index is 0.00226. The fraction of sp³-hybridized carbons (Fsp3) is 0.475. The lowest BCUT2D eigenvalue weighted by Crippen LogP contribution is -2.49. The van der Waals surface area contributed by atoms with Gasteiger partial charge in [0.15, 0.2) is 0 Å². The zero-order valence-corrected chi connectivity index (χ0v) is 30.7. The van der Waals surface area contributed by atoms with E-state index < -0.39 is 35.9 Å². The number of amides is 3. The summed E-state index contributed by atoms with van der Waals surface area (Å²) < 4.78 is 65.3. The number of piperidine rings is 2. The molecule has 3 aromatic heterocycles. The summed E-state index contributed by atoms with van der Waals surface area (Å²) in [6.07, 6.45) is 4.95. The first-order valence-corrected chi connectivity index (χ1v) is 18.9. The predicted octanol–water partition coefficient (Wildman–Crippen LogP) is 7.32. The Balaban J connectivity index is 0.941. The summed E-state index contributed by atoms with van der Waals surface area (Å²) in [5, 5.41) is 8.01. The number of benzene rings is 1. The molecule has 4 aromatic rings. The van der Waals surface area contributed by atoms with Crippen LogP contribution in [0.5, 0.6) is 5.75 Å². The van der Waals surface area contributed by atoms with Gasteiger partial charge in [0, 0.05) is 43.0 Å². The Hall–Kier alpha value is -5.05. The number of imidazole rings is 1. The number of anilines is 2. The van der Waals surface area contributed by atoms with Crippen LogP contribution in [0.1, 0.15) is 104 Å². The number of hydrogen-bond acceptors (Lipinski definition) is 8. The van der Waals surface area contributed by atoms with Crippen molar-refractivity contribution < 1.29 is 36.7 Å². The van der Waals surface area contributed by atoms with Gasteiger partial charge in [0.05, 0.1) is 29.8 Å². The van der Waals surface area contributed by atoms with Crippen LogP contribution in [0.2, 0.25) is 0 Å². The van der Waals surface area contributed by atoms with Crippen molar-refractivity contribution in [3.8, 4) is 5.75 Å². The smallest absolute Gasteiger partial charge is 0.280 e. The fourth-order valence-corrected chi connectivity index (χ4v) is 8.01. The molecule has 0 radical (unpaired) electrons. The fourth-order valence-electron chi connectivity index (χ4n) is 8.01. The second-order valence-electron chi connectivity index (χ2n) is 15.2. The van der Waals surface area contributed by atoms with Crippen molar-refractivity contribution >= 4 is 34.9 Å². The SMILES string of the molecule is CC(C)Oc1cc2nc(C3CCC(CN4CCC(c5ccc(NC6CCC(=O)NC6=O)cc5)C(F)(F)C4)CC3)cn2cc1C(=O)Nc1cccc(C(F)F)n1. The molecule has 3 N–H and O–H groups in total. The van der Waals surface area contributed by atoms with E-state index in [2.05, 4.69) is 20.9 Å². The van der Waals surface area contributed by atoms with E-state index in [0.717, 1.165) is 31.4 Å². The summed E-state index contributed by atoms with van der Waals surface area (Å²) >= 11 is 0. The molecule has 15 heteroatoms. The van der Waals surface area contributed by atoms with Crippen molar-refractivity contribution in [3.63, 3.8) is 0 Å². The van der Waals surface area contributed by atoms with Gasteiger partial charge in [-0.2, -0.15) is 0 Å². The zero-order chi connectivity index (χ0) is 38.9. The molecule has 1 saturated carbocycles. The van der Waals surface area contributed by atoms with Gasteiger partial charge in [0.2, 0.25) is 11.8 Å². The van der Waals surface area contributed by atoms with Crippen LogP contribution in [0.25, 0.3) is 5.65 Å². The maximum absolute atomic E-state index is 15.6. The van der Waals surface area contributed by atoms with Crippen molar-refractivity contribution in [3.05, 3.63) is 83.4 Å². The minimum atomic E-state index is -2.90. The highest BCUT2D eigenvalue weighted by atomic mass is 19.3. The van der Waals surface area contributed by atoms with Crippen LogP contribution in [0.15, 0.2) is 60.9 Å². The molecule has 1 aromatic carbocycles. The van der Waals surface area contributed by atoms with Crippen LogP contribution in [-0.2, 0) is 9.59 Å². The van der Waals surface area contributed by atoms with Crippen molar-refractivity contribution in [1.29, 1.82) is 0 Å². The Morgan fingerprint density at radius 2 is 1.76 bits per heavy atom. The Bertz CT molecular complexity index is 2030. The van der Waals surface area contributed by atoms with E-state index in [-0.39, 0.29) is 54.1 Å². The molecule has 3 fully saturated rings. The third kappa shape index (κ3) is 8.93. The number of alkyl halides is 4. The number of carbonyl (C=O) groups excluding carboxylic acids is 3. The van der Waals surface area contributed by atoms with Crippen molar-refractivity contribution in [2.24, 2.45) is 5.92 Å². The van der Waals surface area contributed by atoms with E-state index in [1.807, 2.05) is 24.9 Å². The standard InChI is InChI=1S/C40H45F4N7O4/c1-23(2)55-33-18-35-47-32(21-51(35)20-28(33)38(53)48-34-5-3-4-30(46-34)37(41)42)26-8-6-24(7-9-26)19-50-17-16-29(40(43,44)22-50)25-10-12-27(13-11-25)45-31-14-15-36(52)49-39(31)54/h3-5,10-13,18,20-21,23-24,26,29,31,37,45H,6-9,14-17,19,22H2,1-2H3,(H,46,48,53)(H,49,52,54). The molecule has 2 atom stereocenters. The first kappa shape index (κ1) is 38.2. The number of halogens is 4. The quantitative estimate of drug-likeness (QED) is 0.107. The molecule has 2 unspecified atom stereocenters. The maximum atomic E-state index is 15.6. The third-order valence-electron chi connectivity index (χ3n) is 10.8. The van der Waals surface area contributed by atoms with E-state index in [4.69, 9.17) is 9.72 Å². The van der Waals surface area contributed by atoms with E-state index in [0.29, 0.717) is 48.6 Å². The number of imide groups is 1. The molecule has 0 bridgehead atoms. The molecule has 1 aliphatic carbocycles. The minimum Gasteiger partial charge on any atom is -0.490 e. The second-order valence-corrected chi connectivity index (χ2v) is 15.2. The number of ether oxygens (including phenoxy) is 1. The van der Waals surface area contributed by atoms with Gasteiger partial charge in [-0.1, -0.05) is 18.2 Å². The van der Waals surface area contributed by atoms with E-state index in [9.17, 15) is 23.2 Å². The number of pyridine rings is 2. The molecular weight excluding hydrogens is 718 g/mol. The second kappa shape index (κ2) is 16.0. The van der Waals surface area contributed by atoms with Gasteiger partial charge in [-0.05, 0) is 94.7 Å². The Morgan fingerprint density at radius 1 is 1.00 bits per heavy atom. The maximum Gasteiger partial charge on any atom is 0.280 e. The molecule has 292 valence electrons. The van der Waals surface area contributed by atoms with E-state index in [1.165, 1.54) is 18.2 Å². The lowest BCUT2D eigenvalue weighted by Gasteiger charge is -2.41. The van der Waals surface area contributed by atoms with Crippen LogP contribution in [-0.4, -0.2) is 74.7 Å².